The molecule has 0 N–H and O–H groups in total. The molecule has 0 radical (unpaired) electrons. The minimum Gasteiger partial charge on any atom is -0.490 e. The Kier molecular flexibility index (Phi) is 4.54. The van der Waals surface area contributed by atoms with Gasteiger partial charge in [-0.2, -0.15) is 0 Å². The van der Waals surface area contributed by atoms with Gasteiger partial charge in [-0.1, -0.05) is 38.8 Å². The molecule has 0 amide bonds. The summed E-state index contributed by atoms with van der Waals surface area (Å²) in [6, 6.07) is 8.71. The van der Waals surface area contributed by atoms with Gasteiger partial charge < -0.3 is 9.47 Å². The zero-order chi connectivity index (χ0) is 14.7. The summed E-state index contributed by atoms with van der Waals surface area (Å²) in [7, 11) is 0. The predicted molar refractivity (Wildman–Crippen MR) is 85.9 cm³/mol. The summed E-state index contributed by atoms with van der Waals surface area (Å²) in [5.74, 6) is 1.64. The van der Waals surface area contributed by atoms with Gasteiger partial charge in [-0.3, -0.25) is 0 Å². The van der Waals surface area contributed by atoms with Gasteiger partial charge in [0.15, 0.2) is 0 Å². The number of hydrogen-bond acceptors (Lipinski definition) is 2. The fraction of sp³-hybridized carbons (Fsp3) is 0.684. The molecule has 1 aromatic rings. The minimum absolute atomic E-state index is 0.138. The third-order valence-corrected chi connectivity index (χ3v) is 5.33. The van der Waals surface area contributed by atoms with Crippen molar-refractivity contribution in [3.8, 4) is 5.75 Å². The summed E-state index contributed by atoms with van der Waals surface area (Å²) in [5.41, 5.74) is 1.55. The number of rotatable bonds is 4. The smallest absolute Gasteiger partial charge is 0.119 e. The highest BCUT2D eigenvalue weighted by atomic mass is 16.5. The molecule has 0 bridgehead atoms. The second-order valence-corrected chi connectivity index (χ2v) is 6.85. The quantitative estimate of drug-likeness (QED) is 0.770. The molecule has 2 nitrogen and oxygen atoms in total. The largest absolute Gasteiger partial charge is 0.490 e. The van der Waals surface area contributed by atoms with Crippen LogP contribution >= 0.6 is 0 Å². The molecular formula is C19H28O2. The molecule has 1 spiro atoms. The zero-order valence-electron chi connectivity index (χ0n) is 13.4. The van der Waals surface area contributed by atoms with Crippen LogP contribution in [0.25, 0.3) is 0 Å². The first kappa shape index (κ1) is 14.9. The highest BCUT2D eigenvalue weighted by Crippen LogP contribution is 2.41. The predicted octanol–water partition coefficient (Wildman–Crippen LogP) is 5.07. The summed E-state index contributed by atoms with van der Waals surface area (Å²) < 4.78 is 12.3. The van der Waals surface area contributed by atoms with Crippen LogP contribution in [0, 0.1) is 0 Å². The van der Waals surface area contributed by atoms with Crippen molar-refractivity contribution < 1.29 is 9.47 Å². The van der Waals surface area contributed by atoms with Crippen LogP contribution in [0.3, 0.4) is 0 Å². The topological polar surface area (TPSA) is 18.5 Å². The summed E-state index contributed by atoms with van der Waals surface area (Å²) in [5, 5.41) is 0. The number of benzene rings is 1. The third kappa shape index (κ3) is 3.42. The molecule has 2 atom stereocenters. The van der Waals surface area contributed by atoms with Crippen molar-refractivity contribution in [1.29, 1.82) is 0 Å². The van der Waals surface area contributed by atoms with E-state index in [1.807, 2.05) is 0 Å². The Hall–Kier alpha value is -1.02. The first-order valence-corrected chi connectivity index (χ1v) is 8.61. The van der Waals surface area contributed by atoms with E-state index in [2.05, 4.69) is 38.1 Å². The SMILES string of the molecule is CCC(C)c1ccc(OC2CCOC3(CCCC3)C2)cc1. The van der Waals surface area contributed by atoms with Gasteiger partial charge in [0, 0.05) is 12.8 Å². The van der Waals surface area contributed by atoms with Gasteiger partial charge in [0.25, 0.3) is 0 Å². The normalized spacial score (nSPS) is 25.9. The van der Waals surface area contributed by atoms with Crippen LogP contribution in [0.15, 0.2) is 24.3 Å². The highest BCUT2D eigenvalue weighted by molar-refractivity contribution is 5.29. The van der Waals surface area contributed by atoms with E-state index in [0.29, 0.717) is 12.0 Å². The van der Waals surface area contributed by atoms with E-state index < -0.39 is 0 Å². The summed E-state index contributed by atoms with van der Waals surface area (Å²) in [6.07, 6.45) is 8.68. The molecule has 2 heteroatoms. The van der Waals surface area contributed by atoms with Gasteiger partial charge >= 0.3 is 0 Å². The lowest BCUT2D eigenvalue weighted by atomic mass is 9.90. The maximum atomic E-state index is 6.23. The van der Waals surface area contributed by atoms with Gasteiger partial charge in [-0.15, -0.1) is 0 Å². The summed E-state index contributed by atoms with van der Waals surface area (Å²) in [4.78, 5) is 0. The second kappa shape index (κ2) is 6.39. The lowest BCUT2D eigenvalue weighted by Crippen LogP contribution is -2.41. The number of ether oxygens (including phenoxy) is 2. The Bertz CT molecular complexity index is 445. The molecule has 1 saturated heterocycles. The van der Waals surface area contributed by atoms with E-state index in [1.165, 1.54) is 37.7 Å². The molecule has 1 aliphatic carbocycles. The van der Waals surface area contributed by atoms with Crippen molar-refractivity contribution in [2.45, 2.75) is 76.4 Å². The standard InChI is InChI=1S/C19H28O2/c1-3-15(2)16-6-8-17(9-7-16)21-18-10-13-20-19(14-18)11-4-5-12-19/h6-9,15,18H,3-5,10-14H2,1-2H3. The highest BCUT2D eigenvalue weighted by Gasteiger charge is 2.40. The number of hydrogen-bond donors (Lipinski definition) is 0. The van der Waals surface area contributed by atoms with Crippen molar-refractivity contribution >= 4 is 0 Å². The monoisotopic (exact) mass is 288 g/mol. The Balaban J connectivity index is 1.60. The van der Waals surface area contributed by atoms with Gasteiger partial charge in [-0.05, 0) is 42.9 Å². The molecule has 2 fully saturated rings. The maximum absolute atomic E-state index is 6.23. The van der Waals surface area contributed by atoms with Crippen molar-refractivity contribution in [1.82, 2.24) is 0 Å². The lowest BCUT2D eigenvalue weighted by Gasteiger charge is -2.38. The van der Waals surface area contributed by atoms with Gasteiger partial charge in [0.2, 0.25) is 0 Å². The molecule has 1 heterocycles. The Morgan fingerprint density at radius 2 is 1.95 bits per heavy atom. The maximum Gasteiger partial charge on any atom is 0.119 e. The van der Waals surface area contributed by atoms with Crippen LogP contribution in [0.5, 0.6) is 5.75 Å². The van der Waals surface area contributed by atoms with E-state index in [0.717, 1.165) is 25.2 Å². The Labute approximate surface area is 128 Å². The summed E-state index contributed by atoms with van der Waals surface area (Å²) in [6.45, 7) is 5.37. The minimum atomic E-state index is 0.138. The molecular weight excluding hydrogens is 260 g/mol. The van der Waals surface area contributed by atoms with Gasteiger partial charge in [-0.25, -0.2) is 0 Å². The fourth-order valence-corrected chi connectivity index (χ4v) is 3.75. The average molecular weight is 288 g/mol. The molecule has 2 aliphatic rings. The van der Waals surface area contributed by atoms with Crippen LogP contribution in [-0.4, -0.2) is 18.3 Å². The van der Waals surface area contributed by atoms with E-state index in [4.69, 9.17) is 9.47 Å². The Morgan fingerprint density at radius 1 is 1.24 bits per heavy atom. The average Bonchev–Trinajstić information content (AvgIpc) is 2.95. The molecule has 0 aromatic heterocycles. The first-order chi connectivity index (χ1) is 10.2. The molecule has 1 aliphatic heterocycles. The molecule has 1 aromatic carbocycles. The van der Waals surface area contributed by atoms with Gasteiger partial charge in [0.05, 0.1) is 12.2 Å². The molecule has 1 saturated carbocycles. The Morgan fingerprint density at radius 3 is 2.62 bits per heavy atom. The molecule has 116 valence electrons. The van der Waals surface area contributed by atoms with Crippen LogP contribution < -0.4 is 4.74 Å². The van der Waals surface area contributed by atoms with E-state index in [9.17, 15) is 0 Å². The molecule has 21 heavy (non-hydrogen) atoms. The van der Waals surface area contributed by atoms with Crippen molar-refractivity contribution in [2.24, 2.45) is 0 Å². The molecule has 3 rings (SSSR count). The summed E-state index contributed by atoms with van der Waals surface area (Å²) >= 11 is 0. The lowest BCUT2D eigenvalue weighted by molar-refractivity contribution is -0.108. The van der Waals surface area contributed by atoms with Crippen LogP contribution in [0.4, 0.5) is 0 Å². The van der Waals surface area contributed by atoms with Crippen LogP contribution in [-0.2, 0) is 4.74 Å². The van der Waals surface area contributed by atoms with E-state index in [-0.39, 0.29) is 5.60 Å². The van der Waals surface area contributed by atoms with Crippen molar-refractivity contribution in [3.63, 3.8) is 0 Å². The first-order valence-electron chi connectivity index (χ1n) is 8.61. The van der Waals surface area contributed by atoms with Crippen molar-refractivity contribution in [3.05, 3.63) is 29.8 Å². The second-order valence-electron chi connectivity index (χ2n) is 6.85. The zero-order valence-corrected chi connectivity index (χ0v) is 13.4. The van der Waals surface area contributed by atoms with Crippen LogP contribution in [0.2, 0.25) is 0 Å². The molecule has 2 unspecified atom stereocenters. The van der Waals surface area contributed by atoms with Crippen LogP contribution in [0.1, 0.15) is 70.3 Å². The fourth-order valence-electron chi connectivity index (χ4n) is 3.75. The third-order valence-electron chi connectivity index (χ3n) is 5.33. The van der Waals surface area contributed by atoms with E-state index in [1.54, 1.807) is 0 Å². The van der Waals surface area contributed by atoms with Crippen molar-refractivity contribution in [2.75, 3.05) is 6.61 Å². The van der Waals surface area contributed by atoms with E-state index >= 15 is 0 Å². The van der Waals surface area contributed by atoms with Gasteiger partial charge in [0.1, 0.15) is 11.9 Å².